The molecule has 4 heterocycles. The Morgan fingerprint density at radius 1 is 0.511 bits per heavy atom. The number of carboxylic acid groups (broad SMARTS) is 2. The number of halogens is 3. The minimum absolute atomic E-state index is 0.00873. The lowest BCUT2D eigenvalue weighted by molar-refractivity contribution is -0.152. The number of aliphatic hydroxyl groups excluding tert-OH is 2. The first-order valence-corrected chi connectivity index (χ1v) is 45.3. The number of aliphatic hydroxyl groups is 2. The van der Waals surface area contributed by atoms with Gasteiger partial charge in [-0.25, -0.2) is 13.2 Å². The van der Waals surface area contributed by atoms with E-state index in [1.807, 2.05) is 0 Å². The highest BCUT2D eigenvalue weighted by atomic mass is 32.2. The van der Waals surface area contributed by atoms with E-state index in [0.717, 1.165) is 31.5 Å². The molecule has 39 nitrogen and oxygen atoms in total. The van der Waals surface area contributed by atoms with Gasteiger partial charge in [-0.3, -0.25) is 81.5 Å². The highest BCUT2D eigenvalue weighted by molar-refractivity contribution is 8.00. The Labute approximate surface area is 779 Å². The number of amides is 15. The second-order valence-electron chi connectivity index (χ2n) is 34.1. The molecule has 3 saturated heterocycles. The minimum Gasteiger partial charge on any atom is -0.508 e. The average molecular weight is 1900 g/mol. The lowest BCUT2D eigenvalue weighted by Gasteiger charge is -2.38. The van der Waals surface area contributed by atoms with Crippen molar-refractivity contribution in [2.45, 2.75) is 208 Å². The predicted molar refractivity (Wildman–Crippen MR) is 483 cm³/mol. The van der Waals surface area contributed by atoms with Crippen LogP contribution in [0.3, 0.4) is 0 Å². The lowest BCUT2D eigenvalue weighted by atomic mass is 9.98. The number of hydrogen-bond acceptors (Lipinski definition) is 22. The molecule has 9 rings (SSSR count). The molecule has 1 aromatic heterocycles. The van der Waals surface area contributed by atoms with Crippen molar-refractivity contribution >= 4 is 123 Å². The molecule has 15 atom stereocenters. The summed E-state index contributed by atoms with van der Waals surface area (Å²) in [4.78, 5) is 257. The number of likely N-dealkylation sites (N-methyl/N-ethyl adjacent to an activating group) is 3. The Balaban J connectivity index is 1.14. The van der Waals surface area contributed by atoms with Crippen LogP contribution in [0, 0.1) is 23.4 Å². The number of benzene rings is 5. The first-order valence-electron chi connectivity index (χ1n) is 44.2. The molecule has 3 fully saturated rings. The number of para-hydroxylation sites is 1. The minimum atomic E-state index is -2.08. The van der Waals surface area contributed by atoms with Crippen LogP contribution in [0.25, 0.3) is 10.9 Å². The molecule has 0 saturated carbocycles. The van der Waals surface area contributed by atoms with Gasteiger partial charge in [0.1, 0.15) is 84.3 Å². The normalized spacial score (nSPS) is 24.5. The van der Waals surface area contributed by atoms with E-state index in [4.69, 9.17) is 11.5 Å². The maximum absolute atomic E-state index is 15.7. The molecule has 0 spiro atoms. The molecule has 6 aromatic rings. The van der Waals surface area contributed by atoms with Crippen LogP contribution in [0.2, 0.25) is 0 Å². The summed E-state index contributed by atoms with van der Waals surface area (Å²) in [6.07, 6.45) is -7.34. The van der Waals surface area contributed by atoms with Crippen molar-refractivity contribution in [3.05, 3.63) is 173 Å². The molecule has 0 unspecified atom stereocenters. The zero-order valence-electron chi connectivity index (χ0n) is 75.3. The highest BCUT2D eigenvalue weighted by Gasteiger charge is 2.48. The number of aromatic hydroxyl groups is 1. The van der Waals surface area contributed by atoms with E-state index in [2.05, 4.69) is 52.8 Å². The third-order valence-corrected chi connectivity index (χ3v) is 24.7. The zero-order chi connectivity index (χ0) is 98.8. The number of nitrogens with zero attached hydrogens (tertiary/aromatic N) is 5. The van der Waals surface area contributed by atoms with Gasteiger partial charge < -0.3 is 114 Å². The number of carbonyl (C=O) groups excluding carboxylic acids is 15. The number of H-pyrrole nitrogens is 1. The molecule has 0 aliphatic carbocycles. The summed E-state index contributed by atoms with van der Waals surface area (Å²) in [6, 6.07) is 6.49. The number of fused-ring (bicyclic) bond motifs is 3. The van der Waals surface area contributed by atoms with Gasteiger partial charge in [-0.2, -0.15) is 0 Å². The number of carbonyl (C=O) groups is 17. The SMILES string of the molecule is CCCC[C@H]1C(=O)N2C[C@@H](O)C[C@@H]2C(=O)N[C@@H](CC(=O)O)C(=O)N[C@@H](C(C)C)C(=O)N(C)[C@@H](Cc2ccccc2)C(=O)N[C@@H](CCC(=O)O)C(=O)N2C[C@H](O)C[C@@H]2C(=O)N[C@@H](Cc2c[nH]c3ccccc23)C(=O)N[C@@H](Cc2ccc(O)cc2)C(=O)N[C@@H](CCCN)C(=O)N[C@H](C(=O)NCC(N)=O)CSCC(=O)N[C@@H](Cc2cc(F)c(F)c(F)c2)C(=O)N(C)[C@@H](Cc2ccccc2)C(=O)N1C. The Hall–Kier alpha value is -13.6. The summed E-state index contributed by atoms with van der Waals surface area (Å²) >= 11 is 0.624. The molecular formula is C92H116F3N17O22S. The fraction of sp³-hybridized carbons (Fsp3) is 0.467. The Morgan fingerprint density at radius 3 is 1.60 bits per heavy atom. The van der Waals surface area contributed by atoms with Gasteiger partial charge in [0.15, 0.2) is 17.5 Å². The molecule has 0 bridgehead atoms. The second-order valence-corrected chi connectivity index (χ2v) is 35.1. The second kappa shape index (κ2) is 49.4. The summed E-state index contributed by atoms with van der Waals surface area (Å²) in [6.45, 7) is 2.58. The third-order valence-electron chi connectivity index (χ3n) is 23.7. The molecule has 3 aliphatic heterocycles. The number of aliphatic carboxylic acids is 2. The maximum Gasteiger partial charge on any atom is 0.305 e. The standard InChI is InChI=1S/C92H116F3N17O22S/c1-7-8-25-69-91(133)112-46-57(115)41-72(112)87(129)105-66(42-77(120)121)84(126)107-79(49(2)3)92(134)109(5)70(37-50-18-11-9-12-19-50)85(127)102-63(30-31-76(118)119)89(131)111-45-56(114)40-71(111)86(128)104-65(39-54-43-98-61-23-16-15-22-58(54)61)83(125)103-64(35-52-26-28-55(113)29-27-52)82(124)101-62(24-17-32-96)81(123)106-68(80(122)99-44-74(97)116)47-135-48-75(117)100-67(36-53-33-59(93)78(95)60(94)34-53)88(130)110(6)73(90(132)108(69)4)38-51-20-13-10-14-21-51/h9-16,18-23,26-29,33-34,43,49,56-57,62-73,79,98,113-115H,7-8,17,24-25,30-32,35-42,44-48,96H2,1-6H3,(H2,97,116)(H,99,122)(H,100,117)(H,101,124)(H,102,127)(H,103,125)(H,104,128)(H,105,129)(H,106,123)(H,107,126)(H,118,119)(H,120,121)/t56-,57+,62+,63+,64+,65+,66+,67+,68+,69+,70+,71-,72-,73+,79+/m1/s1. The molecule has 5 aromatic carbocycles. The number of thioether (sulfide) groups is 1. The van der Waals surface area contributed by atoms with E-state index < -0.39 is 296 Å². The van der Waals surface area contributed by atoms with Gasteiger partial charge in [0, 0.05) is 108 Å². The number of nitrogens with two attached hydrogens (primary N) is 2. The molecular weight excluding hydrogens is 1780 g/mol. The molecule has 135 heavy (non-hydrogen) atoms. The number of carboxylic acids is 2. The van der Waals surface area contributed by atoms with Crippen molar-refractivity contribution in [2.24, 2.45) is 17.4 Å². The van der Waals surface area contributed by atoms with Crippen LogP contribution in [0.4, 0.5) is 13.2 Å². The lowest BCUT2D eigenvalue weighted by Crippen LogP contribution is -2.62. The third kappa shape index (κ3) is 29.2. The van der Waals surface area contributed by atoms with Crippen molar-refractivity contribution in [2.75, 3.05) is 58.8 Å². The summed E-state index contributed by atoms with van der Waals surface area (Å²) in [5.41, 5.74) is 13.1. The van der Waals surface area contributed by atoms with Crippen molar-refractivity contribution in [1.29, 1.82) is 0 Å². The van der Waals surface area contributed by atoms with E-state index in [1.54, 1.807) is 91.9 Å². The Kier molecular flexibility index (Phi) is 38.5. The van der Waals surface area contributed by atoms with Gasteiger partial charge in [-0.15, -0.1) is 11.8 Å². The fourth-order valence-corrected chi connectivity index (χ4v) is 17.2. The van der Waals surface area contributed by atoms with Crippen LogP contribution in [0.15, 0.2) is 128 Å². The van der Waals surface area contributed by atoms with Crippen molar-refractivity contribution in [3.63, 3.8) is 0 Å². The van der Waals surface area contributed by atoms with E-state index in [9.17, 15) is 68.3 Å². The largest absolute Gasteiger partial charge is 0.508 e. The van der Waals surface area contributed by atoms with Gasteiger partial charge >= 0.3 is 11.9 Å². The number of phenolic OH excluding ortho intramolecular Hbond substituents is 1. The van der Waals surface area contributed by atoms with Crippen molar-refractivity contribution < 1.29 is 120 Å². The molecule has 0 radical (unpaired) electrons. The van der Waals surface area contributed by atoms with Crippen LogP contribution in [-0.4, -0.2) is 305 Å². The summed E-state index contributed by atoms with van der Waals surface area (Å²) in [7, 11) is 3.53. The van der Waals surface area contributed by atoms with E-state index in [0.29, 0.717) is 63.5 Å². The quantitative estimate of drug-likeness (QED) is 0.0317. The number of aromatic amines is 1. The Morgan fingerprint density at radius 2 is 1.02 bits per heavy atom. The van der Waals surface area contributed by atoms with Gasteiger partial charge in [0.25, 0.3) is 0 Å². The average Bonchev–Trinajstić information content (AvgIpc) is 1.64. The maximum atomic E-state index is 15.7. The van der Waals surface area contributed by atoms with Crippen molar-refractivity contribution in [1.82, 2.24) is 77.3 Å². The number of nitrogens with one attached hydrogen (secondary N) is 10. The van der Waals surface area contributed by atoms with Crippen molar-refractivity contribution in [3.8, 4) is 5.75 Å². The molecule has 728 valence electrons. The fourth-order valence-electron chi connectivity index (χ4n) is 16.4. The monoisotopic (exact) mass is 1900 g/mol. The van der Waals surface area contributed by atoms with E-state index in [-0.39, 0.29) is 57.2 Å². The topological polar surface area (TPSA) is 584 Å². The van der Waals surface area contributed by atoms with Crippen LogP contribution in [0.1, 0.15) is 113 Å². The van der Waals surface area contributed by atoms with E-state index >= 15 is 51.9 Å². The zero-order valence-corrected chi connectivity index (χ0v) is 76.1. The van der Waals surface area contributed by atoms with Gasteiger partial charge in [-0.05, 0) is 96.3 Å². The molecule has 43 heteroatoms. The molecule has 3 aliphatic rings. The van der Waals surface area contributed by atoms with E-state index in [1.165, 1.54) is 58.4 Å². The smallest absolute Gasteiger partial charge is 0.305 e. The molecule has 15 amide bonds. The van der Waals surface area contributed by atoms with Gasteiger partial charge in [0.05, 0.1) is 30.9 Å². The first kappa shape index (κ1) is 105. The number of primary amides is 1. The number of unbranched alkanes of at least 4 members (excludes halogenated alkanes) is 1. The van der Waals surface area contributed by atoms with Gasteiger partial charge in [0.2, 0.25) is 88.6 Å². The number of phenols is 1. The predicted octanol–water partition coefficient (Wildman–Crippen LogP) is -0.640. The summed E-state index contributed by atoms with van der Waals surface area (Å²) in [5.74, 6) is -27.3. The number of aromatic nitrogens is 1. The summed E-state index contributed by atoms with van der Waals surface area (Å²) in [5, 5.41) is 77.1. The number of hydrogen-bond donors (Lipinski definition) is 17. The van der Waals surface area contributed by atoms with Crippen LogP contribution in [0.5, 0.6) is 5.75 Å². The van der Waals surface area contributed by atoms with Gasteiger partial charge in [-0.1, -0.05) is 125 Å². The van der Waals surface area contributed by atoms with Crippen LogP contribution in [-0.2, 0) is 114 Å². The Bertz CT molecular complexity index is 5260. The number of rotatable bonds is 25. The van der Waals surface area contributed by atoms with Crippen LogP contribution < -0.4 is 59.3 Å². The first-order chi connectivity index (χ1) is 64.1. The summed E-state index contributed by atoms with van der Waals surface area (Å²) < 4.78 is 45.1. The highest BCUT2D eigenvalue weighted by Crippen LogP contribution is 2.29. The van der Waals surface area contributed by atoms with Crippen LogP contribution >= 0.6 is 11.8 Å². The molecule has 19 N–H and O–H groups in total.